The molecule has 3 unspecified atom stereocenters. The maximum atomic E-state index is 13.4. The van der Waals surface area contributed by atoms with Crippen molar-refractivity contribution in [2.24, 2.45) is 5.92 Å². The summed E-state index contributed by atoms with van der Waals surface area (Å²) in [6.45, 7) is 5.98. The molecule has 1 heterocycles. The van der Waals surface area contributed by atoms with Gasteiger partial charge >= 0.3 is 0 Å². The molecule has 1 saturated heterocycles. The molecule has 0 aliphatic carbocycles. The van der Waals surface area contributed by atoms with E-state index in [2.05, 4.69) is 35.1 Å². The summed E-state index contributed by atoms with van der Waals surface area (Å²) in [5.41, 5.74) is 1.02. The van der Waals surface area contributed by atoms with Crippen molar-refractivity contribution in [2.75, 3.05) is 13.2 Å². The molecule has 0 saturated carbocycles. The number of ether oxygens (including phenoxy) is 1. The van der Waals surface area contributed by atoms with E-state index >= 15 is 0 Å². The lowest BCUT2D eigenvalue weighted by atomic mass is 9.89. The molecule has 0 radical (unpaired) electrons. The molecule has 0 aromatic heterocycles. The van der Waals surface area contributed by atoms with E-state index in [0.717, 1.165) is 36.0 Å². The Kier molecular flexibility index (Phi) is 5.37. The number of likely N-dealkylation sites (N-methyl/N-ethyl adjacent to an activating group) is 1. The number of benzene rings is 1. The van der Waals surface area contributed by atoms with E-state index < -0.39 is 0 Å². The Morgan fingerprint density at radius 2 is 2.32 bits per heavy atom. The van der Waals surface area contributed by atoms with Crippen LogP contribution in [0.1, 0.15) is 25.8 Å². The molecule has 1 aliphatic rings. The summed E-state index contributed by atoms with van der Waals surface area (Å²) in [5.74, 6) is 0.319. The van der Waals surface area contributed by atoms with Crippen LogP contribution in [0.25, 0.3) is 0 Å². The van der Waals surface area contributed by atoms with Crippen molar-refractivity contribution in [3.05, 3.63) is 34.1 Å². The summed E-state index contributed by atoms with van der Waals surface area (Å²) in [5, 5.41) is 3.53. The zero-order valence-corrected chi connectivity index (χ0v) is 13.0. The predicted octanol–water partition coefficient (Wildman–Crippen LogP) is 3.53. The quantitative estimate of drug-likeness (QED) is 0.892. The topological polar surface area (TPSA) is 21.3 Å². The van der Waals surface area contributed by atoms with Gasteiger partial charge < -0.3 is 10.1 Å². The minimum absolute atomic E-state index is 0.177. The molecule has 19 heavy (non-hydrogen) atoms. The second-order valence-corrected chi connectivity index (χ2v) is 5.99. The van der Waals surface area contributed by atoms with Gasteiger partial charge in [-0.1, -0.05) is 22.9 Å². The highest BCUT2D eigenvalue weighted by molar-refractivity contribution is 9.10. The van der Waals surface area contributed by atoms with Crippen molar-refractivity contribution in [3.8, 4) is 0 Å². The molecule has 0 spiro atoms. The van der Waals surface area contributed by atoms with Gasteiger partial charge in [-0.3, -0.25) is 0 Å². The van der Waals surface area contributed by atoms with Crippen LogP contribution >= 0.6 is 15.9 Å². The lowest BCUT2D eigenvalue weighted by molar-refractivity contribution is 0.0955. The van der Waals surface area contributed by atoms with Crippen LogP contribution in [0.15, 0.2) is 22.7 Å². The molecule has 106 valence electrons. The van der Waals surface area contributed by atoms with Gasteiger partial charge in [0.2, 0.25) is 0 Å². The van der Waals surface area contributed by atoms with Crippen LogP contribution in [0.5, 0.6) is 0 Å². The number of hydrogen-bond acceptors (Lipinski definition) is 2. The fourth-order valence-corrected chi connectivity index (χ4v) is 3.26. The molecule has 3 atom stereocenters. The summed E-state index contributed by atoms with van der Waals surface area (Å²) < 4.78 is 20.0. The van der Waals surface area contributed by atoms with E-state index in [1.807, 2.05) is 0 Å². The van der Waals surface area contributed by atoms with E-state index in [-0.39, 0.29) is 11.9 Å². The Labute approximate surface area is 122 Å². The first kappa shape index (κ1) is 14.9. The van der Waals surface area contributed by atoms with Crippen molar-refractivity contribution in [3.63, 3.8) is 0 Å². The maximum absolute atomic E-state index is 13.4. The van der Waals surface area contributed by atoms with Crippen LogP contribution in [-0.2, 0) is 11.2 Å². The average Bonchev–Trinajstić information content (AvgIpc) is 2.79. The van der Waals surface area contributed by atoms with Gasteiger partial charge in [0.1, 0.15) is 5.82 Å². The van der Waals surface area contributed by atoms with Crippen LogP contribution in [0, 0.1) is 11.7 Å². The molecule has 2 rings (SSSR count). The van der Waals surface area contributed by atoms with Crippen molar-refractivity contribution < 1.29 is 9.13 Å². The van der Waals surface area contributed by atoms with Crippen LogP contribution in [0.4, 0.5) is 4.39 Å². The minimum atomic E-state index is -0.177. The molecule has 0 amide bonds. The first-order valence-electron chi connectivity index (χ1n) is 6.90. The van der Waals surface area contributed by atoms with Crippen molar-refractivity contribution in [2.45, 2.75) is 38.8 Å². The van der Waals surface area contributed by atoms with Crippen molar-refractivity contribution in [1.29, 1.82) is 0 Å². The van der Waals surface area contributed by atoms with Crippen LogP contribution < -0.4 is 5.32 Å². The van der Waals surface area contributed by atoms with Crippen LogP contribution in [0.3, 0.4) is 0 Å². The van der Waals surface area contributed by atoms with Gasteiger partial charge in [0, 0.05) is 23.0 Å². The van der Waals surface area contributed by atoms with Crippen LogP contribution in [-0.4, -0.2) is 25.3 Å². The van der Waals surface area contributed by atoms with E-state index in [1.165, 1.54) is 6.07 Å². The lowest BCUT2D eigenvalue weighted by Gasteiger charge is -2.27. The summed E-state index contributed by atoms with van der Waals surface area (Å²) in [6.07, 6.45) is 2.17. The molecule has 1 aromatic rings. The third kappa shape index (κ3) is 3.77. The fraction of sp³-hybridized carbons (Fsp3) is 0.600. The Balaban J connectivity index is 2.13. The van der Waals surface area contributed by atoms with Crippen molar-refractivity contribution >= 4 is 15.9 Å². The Hall–Kier alpha value is -0.450. The number of hydrogen-bond donors (Lipinski definition) is 1. The van der Waals surface area contributed by atoms with Gasteiger partial charge in [-0.2, -0.15) is 0 Å². The summed E-state index contributed by atoms with van der Waals surface area (Å²) in [6, 6.07) is 5.22. The van der Waals surface area contributed by atoms with Gasteiger partial charge in [-0.25, -0.2) is 4.39 Å². The Morgan fingerprint density at radius 3 is 2.95 bits per heavy atom. The minimum Gasteiger partial charge on any atom is -0.378 e. The first-order valence-corrected chi connectivity index (χ1v) is 7.70. The molecule has 1 aliphatic heterocycles. The molecule has 1 N–H and O–H groups in total. The first-order chi connectivity index (χ1) is 9.11. The fourth-order valence-electron chi connectivity index (χ4n) is 2.85. The monoisotopic (exact) mass is 329 g/mol. The van der Waals surface area contributed by atoms with Gasteiger partial charge in [-0.15, -0.1) is 0 Å². The molecule has 2 nitrogen and oxygen atoms in total. The molecule has 4 heteroatoms. The van der Waals surface area contributed by atoms with E-state index in [4.69, 9.17) is 4.74 Å². The standard InChI is InChI=1S/C15H21BrFNO/c1-3-18-15(13-6-7-19-10(13)2)9-11-8-12(17)4-5-14(11)16/h4-5,8,10,13,15,18H,3,6-7,9H2,1-2H3. The number of nitrogens with one attached hydrogen (secondary N) is 1. The maximum Gasteiger partial charge on any atom is 0.123 e. The third-order valence-electron chi connectivity index (χ3n) is 3.87. The lowest BCUT2D eigenvalue weighted by Crippen LogP contribution is -2.40. The van der Waals surface area contributed by atoms with E-state index in [1.54, 1.807) is 12.1 Å². The summed E-state index contributed by atoms with van der Waals surface area (Å²) >= 11 is 3.51. The van der Waals surface area contributed by atoms with Gasteiger partial charge in [0.05, 0.1) is 6.10 Å². The zero-order valence-electron chi connectivity index (χ0n) is 11.5. The zero-order chi connectivity index (χ0) is 13.8. The smallest absolute Gasteiger partial charge is 0.123 e. The van der Waals surface area contributed by atoms with Gasteiger partial charge in [0.15, 0.2) is 0 Å². The molecular formula is C15H21BrFNO. The third-order valence-corrected chi connectivity index (χ3v) is 4.64. The van der Waals surface area contributed by atoms with Gasteiger partial charge in [0.25, 0.3) is 0 Å². The van der Waals surface area contributed by atoms with Gasteiger partial charge in [-0.05, 0) is 50.1 Å². The highest BCUT2D eigenvalue weighted by Crippen LogP contribution is 2.28. The summed E-state index contributed by atoms with van der Waals surface area (Å²) in [7, 11) is 0. The Morgan fingerprint density at radius 1 is 1.53 bits per heavy atom. The highest BCUT2D eigenvalue weighted by atomic mass is 79.9. The normalized spacial score (nSPS) is 24.6. The second kappa shape index (κ2) is 6.82. The number of halogens is 2. The second-order valence-electron chi connectivity index (χ2n) is 5.13. The molecule has 1 aromatic carbocycles. The Bertz CT molecular complexity index is 427. The predicted molar refractivity (Wildman–Crippen MR) is 78.8 cm³/mol. The SMILES string of the molecule is CCNC(Cc1cc(F)ccc1Br)C1CCOC1C. The highest BCUT2D eigenvalue weighted by Gasteiger charge is 2.31. The summed E-state index contributed by atoms with van der Waals surface area (Å²) in [4.78, 5) is 0. The average molecular weight is 330 g/mol. The molecule has 1 fully saturated rings. The van der Waals surface area contributed by atoms with E-state index in [0.29, 0.717) is 12.0 Å². The molecule has 0 bridgehead atoms. The van der Waals surface area contributed by atoms with E-state index in [9.17, 15) is 4.39 Å². The molecular weight excluding hydrogens is 309 g/mol. The largest absolute Gasteiger partial charge is 0.378 e. The van der Waals surface area contributed by atoms with Crippen molar-refractivity contribution in [1.82, 2.24) is 5.32 Å². The number of rotatable bonds is 5. The van der Waals surface area contributed by atoms with Crippen LogP contribution in [0.2, 0.25) is 0 Å².